The SMILES string of the molecule is COC(=O)C1Cc2ccccc2CN1C(=O)C1CCCN(C(=O)c2ccc(Cl)c(Cl)c2)C1. The summed E-state index contributed by atoms with van der Waals surface area (Å²) in [6.07, 6.45) is 1.79. The molecule has 0 aliphatic carbocycles. The van der Waals surface area contributed by atoms with Gasteiger partial charge >= 0.3 is 5.97 Å². The Morgan fingerprint density at radius 1 is 1.03 bits per heavy atom. The zero-order chi connectivity index (χ0) is 22.8. The summed E-state index contributed by atoms with van der Waals surface area (Å²) in [5.41, 5.74) is 2.51. The molecule has 1 fully saturated rings. The van der Waals surface area contributed by atoms with Crippen molar-refractivity contribution in [1.82, 2.24) is 9.80 Å². The van der Waals surface area contributed by atoms with Crippen LogP contribution in [0.25, 0.3) is 0 Å². The molecule has 2 amide bonds. The Bertz CT molecular complexity index is 1060. The number of rotatable bonds is 3. The maximum absolute atomic E-state index is 13.5. The van der Waals surface area contributed by atoms with E-state index in [1.54, 1.807) is 28.0 Å². The first-order valence-corrected chi connectivity index (χ1v) is 11.3. The highest BCUT2D eigenvalue weighted by Crippen LogP contribution is 2.29. The fraction of sp³-hybridized carbons (Fsp3) is 0.375. The van der Waals surface area contributed by atoms with Crippen LogP contribution in [0.4, 0.5) is 0 Å². The molecule has 0 aromatic heterocycles. The van der Waals surface area contributed by atoms with Gasteiger partial charge in [0, 0.05) is 31.6 Å². The fourth-order valence-corrected chi connectivity index (χ4v) is 4.81. The van der Waals surface area contributed by atoms with Crippen molar-refractivity contribution >= 4 is 41.0 Å². The number of halogens is 2. The highest BCUT2D eigenvalue weighted by atomic mass is 35.5. The lowest BCUT2D eigenvalue weighted by atomic mass is 9.90. The summed E-state index contributed by atoms with van der Waals surface area (Å²) < 4.78 is 4.99. The molecule has 2 aliphatic rings. The summed E-state index contributed by atoms with van der Waals surface area (Å²) >= 11 is 12.0. The molecule has 0 N–H and O–H groups in total. The Morgan fingerprint density at radius 3 is 2.50 bits per heavy atom. The number of carbonyl (C=O) groups is 3. The Kier molecular flexibility index (Phi) is 6.72. The van der Waals surface area contributed by atoms with Crippen molar-refractivity contribution in [3.63, 3.8) is 0 Å². The van der Waals surface area contributed by atoms with E-state index in [0.717, 1.165) is 11.1 Å². The Labute approximate surface area is 197 Å². The predicted molar refractivity (Wildman–Crippen MR) is 122 cm³/mol. The summed E-state index contributed by atoms with van der Waals surface area (Å²) in [5, 5.41) is 0.698. The standard InChI is InChI=1S/C24H24Cl2N2O4/c1-32-24(31)21-12-15-5-2-3-6-17(15)14-28(21)23(30)18-7-4-10-27(13-18)22(29)16-8-9-19(25)20(26)11-16/h2-3,5-6,8-9,11,18,21H,4,7,10,12-14H2,1H3. The van der Waals surface area contributed by atoms with Crippen molar-refractivity contribution in [3.8, 4) is 0 Å². The van der Waals surface area contributed by atoms with Gasteiger partial charge in [0.2, 0.25) is 5.91 Å². The molecule has 2 heterocycles. The first-order chi connectivity index (χ1) is 15.4. The van der Waals surface area contributed by atoms with Crippen LogP contribution >= 0.6 is 23.2 Å². The van der Waals surface area contributed by atoms with Gasteiger partial charge in [-0.2, -0.15) is 0 Å². The third-order valence-electron chi connectivity index (χ3n) is 6.23. The normalized spacial score (nSPS) is 20.5. The Balaban J connectivity index is 1.53. The Morgan fingerprint density at radius 2 is 1.78 bits per heavy atom. The van der Waals surface area contributed by atoms with Gasteiger partial charge in [-0.05, 0) is 42.2 Å². The molecule has 2 aromatic rings. The molecule has 0 radical (unpaired) electrons. The quantitative estimate of drug-likeness (QED) is 0.631. The molecule has 6 nitrogen and oxygen atoms in total. The minimum absolute atomic E-state index is 0.124. The summed E-state index contributed by atoms with van der Waals surface area (Å²) in [6, 6.07) is 11.9. The van der Waals surface area contributed by atoms with Crippen LogP contribution in [-0.2, 0) is 27.3 Å². The largest absolute Gasteiger partial charge is 0.467 e. The van der Waals surface area contributed by atoms with E-state index >= 15 is 0 Å². The van der Waals surface area contributed by atoms with Crippen molar-refractivity contribution in [2.24, 2.45) is 5.92 Å². The first kappa shape index (κ1) is 22.6. The second-order valence-electron chi connectivity index (χ2n) is 8.20. The third kappa shape index (κ3) is 4.48. The molecule has 32 heavy (non-hydrogen) atoms. The van der Waals surface area contributed by atoms with Gasteiger partial charge in [0.15, 0.2) is 0 Å². The van der Waals surface area contributed by atoms with E-state index in [4.69, 9.17) is 27.9 Å². The van der Waals surface area contributed by atoms with Gasteiger partial charge in [-0.15, -0.1) is 0 Å². The van der Waals surface area contributed by atoms with E-state index in [-0.39, 0.29) is 17.7 Å². The lowest BCUT2D eigenvalue weighted by molar-refractivity contribution is -0.156. The number of likely N-dealkylation sites (tertiary alicyclic amines) is 1. The molecule has 0 spiro atoms. The average Bonchev–Trinajstić information content (AvgIpc) is 2.83. The molecule has 2 aromatic carbocycles. The van der Waals surface area contributed by atoms with Crippen molar-refractivity contribution in [2.75, 3.05) is 20.2 Å². The number of esters is 1. The summed E-state index contributed by atoms with van der Waals surface area (Å²) in [5.74, 6) is -1.11. The molecule has 2 atom stereocenters. The number of carbonyl (C=O) groups excluding carboxylic acids is 3. The van der Waals surface area contributed by atoms with E-state index in [0.29, 0.717) is 54.5 Å². The van der Waals surface area contributed by atoms with Crippen molar-refractivity contribution < 1.29 is 19.1 Å². The zero-order valence-corrected chi connectivity index (χ0v) is 19.2. The molecule has 1 saturated heterocycles. The molecule has 2 unspecified atom stereocenters. The number of ether oxygens (including phenoxy) is 1. The molecule has 2 aliphatic heterocycles. The molecular formula is C24H24Cl2N2O4. The molecule has 168 valence electrons. The summed E-state index contributed by atoms with van der Waals surface area (Å²) in [7, 11) is 1.34. The number of amides is 2. The second kappa shape index (κ2) is 9.51. The van der Waals surface area contributed by atoms with Gasteiger partial charge in [0.1, 0.15) is 6.04 Å². The topological polar surface area (TPSA) is 66.9 Å². The zero-order valence-electron chi connectivity index (χ0n) is 17.7. The highest BCUT2D eigenvalue weighted by molar-refractivity contribution is 6.42. The number of benzene rings is 2. The highest BCUT2D eigenvalue weighted by Gasteiger charge is 2.39. The number of piperidine rings is 1. The van der Waals surface area contributed by atoms with Gasteiger partial charge in [0.05, 0.1) is 23.1 Å². The van der Waals surface area contributed by atoms with E-state index in [1.165, 1.54) is 7.11 Å². The van der Waals surface area contributed by atoms with Crippen LogP contribution in [0.5, 0.6) is 0 Å². The van der Waals surface area contributed by atoms with Gasteiger partial charge in [-0.1, -0.05) is 47.5 Å². The van der Waals surface area contributed by atoms with Gasteiger partial charge < -0.3 is 14.5 Å². The maximum Gasteiger partial charge on any atom is 0.328 e. The van der Waals surface area contributed by atoms with E-state index in [1.807, 2.05) is 24.3 Å². The van der Waals surface area contributed by atoms with Gasteiger partial charge in [0.25, 0.3) is 5.91 Å². The Hall–Kier alpha value is -2.57. The van der Waals surface area contributed by atoms with Crippen LogP contribution in [0.3, 0.4) is 0 Å². The van der Waals surface area contributed by atoms with Crippen LogP contribution in [0.1, 0.15) is 34.3 Å². The maximum atomic E-state index is 13.5. The minimum Gasteiger partial charge on any atom is -0.467 e. The van der Waals surface area contributed by atoms with Crippen LogP contribution in [0, 0.1) is 5.92 Å². The van der Waals surface area contributed by atoms with Gasteiger partial charge in [-0.3, -0.25) is 9.59 Å². The third-order valence-corrected chi connectivity index (χ3v) is 6.97. The summed E-state index contributed by atoms with van der Waals surface area (Å²) in [4.78, 5) is 42.3. The summed E-state index contributed by atoms with van der Waals surface area (Å²) in [6.45, 7) is 1.21. The van der Waals surface area contributed by atoms with E-state index in [2.05, 4.69) is 0 Å². The molecule has 0 bridgehead atoms. The number of hydrogen-bond donors (Lipinski definition) is 0. The number of hydrogen-bond acceptors (Lipinski definition) is 4. The van der Waals surface area contributed by atoms with E-state index < -0.39 is 12.0 Å². The van der Waals surface area contributed by atoms with Crippen molar-refractivity contribution in [2.45, 2.75) is 31.8 Å². The van der Waals surface area contributed by atoms with Crippen LogP contribution in [-0.4, -0.2) is 53.8 Å². The first-order valence-electron chi connectivity index (χ1n) is 10.6. The monoisotopic (exact) mass is 474 g/mol. The molecule has 0 saturated carbocycles. The number of fused-ring (bicyclic) bond motifs is 1. The van der Waals surface area contributed by atoms with E-state index in [9.17, 15) is 14.4 Å². The van der Waals surface area contributed by atoms with Crippen molar-refractivity contribution in [1.29, 1.82) is 0 Å². The molecule has 8 heteroatoms. The van der Waals surface area contributed by atoms with Gasteiger partial charge in [-0.25, -0.2) is 4.79 Å². The number of methoxy groups -OCH3 is 1. The average molecular weight is 475 g/mol. The van der Waals surface area contributed by atoms with Crippen LogP contribution in [0.2, 0.25) is 10.0 Å². The predicted octanol–water partition coefficient (Wildman–Crippen LogP) is 3.97. The lowest BCUT2D eigenvalue weighted by Crippen LogP contribution is -2.53. The number of nitrogens with zero attached hydrogens (tertiary/aromatic N) is 2. The van der Waals surface area contributed by atoms with Crippen LogP contribution < -0.4 is 0 Å². The lowest BCUT2D eigenvalue weighted by Gasteiger charge is -2.39. The fourth-order valence-electron chi connectivity index (χ4n) is 4.51. The van der Waals surface area contributed by atoms with Crippen molar-refractivity contribution in [3.05, 3.63) is 69.2 Å². The molecular weight excluding hydrogens is 451 g/mol. The van der Waals surface area contributed by atoms with Crippen LogP contribution in [0.15, 0.2) is 42.5 Å². The minimum atomic E-state index is -0.663. The molecule has 4 rings (SSSR count). The second-order valence-corrected chi connectivity index (χ2v) is 9.01. The smallest absolute Gasteiger partial charge is 0.328 e.